The van der Waals surface area contributed by atoms with Gasteiger partial charge in [0.15, 0.2) is 17.1 Å². The van der Waals surface area contributed by atoms with Crippen LogP contribution in [0.5, 0.6) is 11.5 Å². The smallest absolute Gasteiger partial charge is 0.255 e. The molecule has 8 nitrogen and oxygen atoms in total. The Hall–Kier alpha value is -4.33. The Bertz CT molecular complexity index is 1300. The summed E-state index contributed by atoms with van der Waals surface area (Å²) in [6.45, 7) is 0.145. The van der Waals surface area contributed by atoms with E-state index in [1.54, 1.807) is 48.5 Å². The van der Waals surface area contributed by atoms with Crippen molar-refractivity contribution in [2.24, 2.45) is 0 Å². The van der Waals surface area contributed by atoms with E-state index in [2.05, 4.69) is 15.8 Å². The maximum atomic E-state index is 12.6. The summed E-state index contributed by atoms with van der Waals surface area (Å²) in [7, 11) is 0. The highest BCUT2D eigenvalue weighted by Crippen LogP contribution is 2.32. The summed E-state index contributed by atoms with van der Waals surface area (Å²) in [6, 6.07) is 19.3. The molecule has 0 radical (unpaired) electrons. The molecule has 0 unspecified atom stereocenters. The molecule has 0 aliphatic carbocycles. The van der Waals surface area contributed by atoms with Gasteiger partial charge in [-0.15, -0.1) is 0 Å². The van der Waals surface area contributed by atoms with E-state index >= 15 is 0 Å². The molecule has 0 spiro atoms. The average Bonchev–Trinajstić information content (AvgIpc) is 3.40. The summed E-state index contributed by atoms with van der Waals surface area (Å²) in [5.74, 6) is 0.615. The van der Waals surface area contributed by atoms with Crippen molar-refractivity contribution in [3.05, 3.63) is 78.0 Å². The molecular formula is C23H17N3O5. The van der Waals surface area contributed by atoms with Crippen molar-refractivity contribution in [1.82, 2.24) is 5.16 Å². The number of carbonyl (C=O) groups is 2. The van der Waals surface area contributed by atoms with Crippen LogP contribution in [0.3, 0.4) is 0 Å². The molecule has 2 heterocycles. The first kappa shape index (κ1) is 18.7. The molecule has 1 aromatic heterocycles. The van der Waals surface area contributed by atoms with Crippen molar-refractivity contribution in [1.29, 1.82) is 0 Å². The Morgan fingerprint density at radius 2 is 1.68 bits per heavy atom. The summed E-state index contributed by atoms with van der Waals surface area (Å²) < 4.78 is 15.8. The van der Waals surface area contributed by atoms with Crippen LogP contribution in [0.25, 0.3) is 11.0 Å². The van der Waals surface area contributed by atoms with E-state index in [0.29, 0.717) is 39.7 Å². The number of carbonyl (C=O) groups excluding carboxylic acids is 2. The number of para-hydroxylation sites is 1. The fourth-order valence-electron chi connectivity index (χ4n) is 3.34. The predicted molar refractivity (Wildman–Crippen MR) is 113 cm³/mol. The minimum Gasteiger partial charge on any atom is -0.454 e. The summed E-state index contributed by atoms with van der Waals surface area (Å²) in [5.41, 5.74) is 2.75. The molecule has 0 saturated carbocycles. The van der Waals surface area contributed by atoms with Crippen LogP contribution >= 0.6 is 0 Å². The third kappa shape index (κ3) is 3.91. The first-order valence-corrected chi connectivity index (χ1v) is 9.60. The highest BCUT2D eigenvalue weighted by atomic mass is 16.7. The SMILES string of the molecule is O=C(Cc1noc2ccccc12)Nc1cccc(NC(=O)c2ccc3c(c2)OCO3)c1. The second-order valence-electron chi connectivity index (χ2n) is 6.95. The van der Waals surface area contributed by atoms with Crippen LogP contribution in [-0.2, 0) is 11.2 Å². The Morgan fingerprint density at radius 1 is 0.871 bits per heavy atom. The number of hydrogen-bond acceptors (Lipinski definition) is 6. The van der Waals surface area contributed by atoms with Gasteiger partial charge >= 0.3 is 0 Å². The van der Waals surface area contributed by atoms with Crippen LogP contribution in [-0.4, -0.2) is 23.8 Å². The summed E-state index contributed by atoms with van der Waals surface area (Å²) >= 11 is 0. The normalized spacial score (nSPS) is 12.0. The highest BCUT2D eigenvalue weighted by Gasteiger charge is 2.17. The monoisotopic (exact) mass is 415 g/mol. The number of nitrogens with zero attached hydrogens (tertiary/aromatic N) is 1. The maximum absolute atomic E-state index is 12.6. The summed E-state index contributed by atoms with van der Waals surface area (Å²) in [5, 5.41) is 10.4. The van der Waals surface area contributed by atoms with Gasteiger partial charge in [0.25, 0.3) is 5.91 Å². The van der Waals surface area contributed by atoms with E-state index in [0.717, 1.165) is 5.39 Å². The second kappa shape index (κ2) is 7.83. The van der Waals surface area contributed by atoms with Crippen LogP contribution in [0, 0.1) is 0 Å². The van der Waals surface area contributed by atoms with Gasteiger partial charge < -0.3 is 24.6 Å². The lowest BCUT2D eigenvalue weighted by atomic mass is 10.1. The lowest BCUT2D eigenvalue weighted by Gasteiger charge is -2.09. The van der Waals surface area contributed by atoms with Gasteiger partial charge in [0.05, 0.1) is 6.42 Å². The molecule has 8 heteroatoms. The van der Waals surface area contributed by atoms with Crippen molar-refractivity contribution in [3.8, 4) is 11.5 Å². The van der Waals surface area contributed by atoms with E-state index in [4.69, 9.17) is 14.0 Å². The molecule has 3 aromatic carbocycles. The van der Waals surface area contributed by atoms with E-state index in [1.807, 2.05) is 18.2 Å². The van der Waals surface area contributed by atoms with Gasteiger partial charge in [-0.05, 0) is 48.5 Å². The van der Waals surface area contributed by atoms with Crippen LogP contribution < -0.4 is 20.1 Å². The minimum absolute atomic E-state index is 0.0742. The van der Waals surface area contributed by atoms with E-state index in [-0.39, 0.29) is 25.0 Å². The van der Waals surface area contributed by atoms with E-state index in [1.165, 1.54) is 0 Å². The molecule has 0 bridgehead atoms. The average molecular weight is 415 g/mol. The molecule has 2 N–H and O–H groups in total. The van der Waals surface area contributed by atoms with Gasteiger partial charge in [-0.2, -0.15) is 0 Å². The maximum Gasteiger partial charge on any atom is 0.255 e. The van der Waals surface area contributed by atoms with Crippen LogP contribution in [0.1, 0.15) is 16.1 Å². The quantitative estimate of drug-likeness (QED) is 0.511. The number of ether oxygens (including phenoxy) is 2. The van der Waals surface area contributed by atoms with E-state index in [9.17, 15) is 9.59 Å². The topological polar surface area (TPSA) is 103 Å². The largest absolute Gasteiger partial charge is 0.454 e. The van der Waals surface area contributed by atoms with Gasteiger partial charge in [0.1, 0.15) is 5.69 Å². The Kier molecular flexibility index (Phi) is 4.72. The standard InChI is InChI=1S/C23H17N3O5/c27-22(12-18-17-6-1-2-7-19(17)31-26-18)24-15-4-3-5-16(11-15)25-23(28)14-8-9-20-21(10-14)30-13-29-20/h1-11H,12-13H2,(H,24,27)(H,25,28). The first-order chi connectivity index (χ1) is 15.2. The first-order valence-electron chi connectivity index (χ1n) is 9.60. The Balaban J connectivity index is 1.25. The molecule has 31 heavy (non-hydrogen) atoms. The molecule has 0 fully saturated rings. The van der Waals surface area contributed by atoms with Crippen molar-refractivity contribution < 1.29 is 23.6 Å². The van der Waals surface area contributed by atoms with Gasteiger partial charge in [-0.25, -0.2) is 0 Å². The molecule has 0 saturated heterocycles. The third-order valence-corrected chi connectivity index (χ3v) is 4.82. The second-order valence-corrected chi connectivity index (χ2v) is 6.95. The van der Waals surface area contributed by atoms with Crippen LogP contribution in [0.2, 0.25) is 0 Å². The molecule has 1 aliphatic heterocycles. The number of fused-ring (bicyclic) bond motifs is 2. The van der Waals surface area contributed by atoms with Crippen molar-refractivity contribution in [2.75, 3.05) is 17.4 Å². The Morgan fingerprint density at radius 3 is 2.58 bits per heavy atom. The Labute approximate surface area is 176 Å². The molecule has 5 rings (SSSR count). The fourth-order valence-corrected chi connectivity index (χ4v) is 3.34. The molecule has 2 amide bonds. The van der Waals surface area contributed by atoms with Crippen molar-refractivity contribution >= 4 is 34.2 Å². The van der Waals surface area contributed by atoms with Crippen molar-refractivity contribution in [3.63, 3.8) is 0 Å². The molecule has 4 aromatic rings. The molecule has 1 aliphatic rings. The zero-order chi connectivity index (χ0) is 21.2. The van der Waals surface area contributed by atoms with Crippen LogP contribution in [0.4, 0.5) is 11.4 Å². The number of rotatable bonds is 5. The zero-order valence-corrected chi connectivity index (χ0v) is 16.3. The summed E-state index contributed by atoms with van der Waals surface area (Å²) in [4.78, 5) is 25.1. The fraction of sp³-hybridized carbons (Fsp3) is 0.0870. The highest BCUT2D eigenvalue weighted by molar-refractivity contribution is 6.05. The minimum atomic E-state index is -0.296. The number of aromatic nitrogens is 1. The number of amides is 2. The number of hydrogen-bond donors (Lipinski definition) is 2. The number of benzene rings is 3. The van der Waals surface area contributed by atoms with Gasteiger partial charge in [-0.3, -0.25) is 9.59 Å². The summed E-state index contributed by atoms with van der Waals surface area (Å²) in [6.07, 6.45) is 0.0742. The lowest BCUT2D eigenvalue weighted by molar-refractivity contribution is -0.115. The predicted octanol–water partition coefficient (Wildman–Crippen LogP) is 3.99. The van der Waals surface area contributed by atoms with Gasteiger partial charge in [0.2, 0.25) is 12.7 Å². The van der Waals surface area contributed by atoms with E-state index < -0.39 is 0 Å². The third-order valence-electron chi connectivity index (χ3n) is 4.82. The van der Waals surface area contributed by atoms with Crippen molar-refractivity contribution in [2.45, 2.75) is 6.42 Å². The van der Waals surface area contributed by atoms with Crippen LogP contribution in [0.15, 0.2) is 71.3 Å². The zero-order valence-electron chi connectivity index (χ0n) is 16.3. The molecule has 0 atom stereocenters. The van der Waals surface area contributed by atoms with Gasteiger partial charge in [-0.1, -0.05) is 23.4 Å². The lowest BCUT2D eigenvalue weighted by Crippen LogP contribution is -2.15. The number of anilines is 2. The van der Waals surface area contributed by atoms with Gasteiger partial charge in [0, 0.05) is 22.3 Å². The molecular weight excluding hydrogens is 398 g/mol. The number of nitrogens with one attached hydrogen (secondary N) is 2. The molecule has 154 valence electrons.